The number of fused-ring (bicyclic) bond motifs is 4. The molecule has 3 unspecified atom stereocenters. The van der Waals surface area contributed by atoms with E-state index in [-0.39, 0.29) is 41.2 Å². The summed E-state index contributed by atoms with van der Waals surface area (Å²) in [5, 5.41) is 26.5. The number of hydrogen-bond donors (Lipinski definition) is 4. The molecule has 0 radical (unpaired) electrons. The summed E-state index contributed by atoms with van der Waals surface area (Å²) in [5.41, 5.74) is -2.07. The van der Waals surface area contributed by atoms with Gasteiger partial charge in [0.05, 0.1) is 17.3 Å². The molecule has 5 aromatic rings. The van der Waals surface area contributed by atoms with Crippen molar-refractivity contribution in [1.29, 1.82) is 0 Å². The number of carbonyl (C=O) groups is 1. The van der Waals surface area contributed by atoms with Gasteiger partial charge in [0.1, 0.15) is 40.9 Å². The molecule has 3 aromatic heterocycles. The molecule has 0 bridgehead atoms. The van der Waals surface area contributed by atoms with Crippen LogP contribution < -0.4 is 15.2 Å². The summed E-state index contributed by atoms with van der Waals surface area (Å²) in [6.45, 7) is 1.96. The van der Waals surface area contributed by atoms with Crippen molar-refractivity contribution in [2.24, 2.45) is 18.1 Å². The third-order valence-corrected chi connectivity index (χ3v) is 9.78. The first kappa shape index (κ1) is 37.8. The van der Waals surface area contributed by atoms with Gasteiger partial charge >= 0.3 is 0 Å². The second-order valence-corrected chi connectivity index (χ2v) is 15.3. The number of amides is 1. The van der Waals surface area contributed by atoms with E-state index in [0.29, 0.717) is 32.8 Å². The van der Waals surface area contributed by atoms with Crippen molar-refractivity contribution in [1.82, 2.24) is 29.9 Å². The second kappa shape index (κ2) is 13.4. The second-order valence-electron chi connectivity index (χ2n) is 14.0. The van der Waals surface area contributed by atoms with Crippen LogP contribution in [0.15, 0.2) is 48.5 Å². The van der Waals surface area contributed by atoms with Gasteiger partial charge in [-0.05, 0) is 74.4 Å². The Bertz CT molecular complexity index is 2540. The summed E-state index contributed by atoms with van der Waals surface area (Å²) < 4.78 is 116. The maximum absolute atomic E-state index is 15.3. The fourth-order valence-electron chi connectivity index (χ4n) is 7.15. The number of aliphatic hydroxyl groups is 1. The molecular formula is C36H32F6N8O4S. The smallest absolute Gasteiger partial charge is 0.297 e. The van der Waals surface area contributed by atoms with Crippen LogP contribution in [0.1, 0.15) is 72.6 Å². The van der Waals surface area contributed by atoms with E-state index in [1.807, 2.05) is 0 Å². The van der Waals surface area contributed by atoms with E-state index in [1.165, 1.54) is 31.6 Å². The Hall–Kier alpha value is -5.45. The van der Waals surface area contributed by atoms with Gasteiger partial charge in [-0.3, -0.25) is 18.9 Å². The number of halogens is 6. The summed E-state index contributed by atoms with van der Waals surface area (Å²) in [6.07, 6.45) is -3.48. The average molecular weight is 787 g/mol. The van der Waals surface area contributed by atoms with Crippen molar-refractivity contribution in [2.75, 3.05) is 4.72 Å². The zero-order chi connectivity index (χ0) is 39.8. The van der Waals surface area contributed by atoms with E-state index in [1.54, 1.807) is 24.3 Å². The van der Waals surface area contributed by atoms with Gasteiger partial charge in [0.15, 0.2) is 5.82 Å². The highest BCUT2D eigenvalue weighted by Gasteiger charge is 2.67. The molecular weight excluding hydrogens is 755 g/mol. The summed E-state index contributed by atoms with van der Waals surface area (Å²) in [4.78, 5) is 18.6. The lowest BCUT2D eigenvalue weighted by Gasteiger charge is -2.23. The van der Waals surface area contributed by atoms with E-state index in [0.717, 1.165) is 12.1 Å². The molecule has 1 saturated carbocycles. The van der Waals surface area contributed by atoms with Crippen molar-refractivity contribution >= 4 is 32.8 Å². The summed E-state index contributed by atoms with van der Waals surface area (Å²) in [7, 11) is -2.72. The van der Waals surface area contributed by atoms with Crippen molar-refractivity contribution < 1.29 is 44.7 Å². The van der Waals surface area contributed by atoms with Crippen LogP contribution >= 0.6 is 0 Å². The third kappa shape index (κ3) is 7.49. The third-order valence-electron chi connectivity index (χ3n) is 9.30. The van der Waals surface area contributed by atoms with E-state index in [9.17, 15) is 35.9 Å². The molecule has 19 heteroatoms. The number of nitrogens with one attached hydrogen (secondary N) is 2. The molecule has 2 aromatic carbocycles. The van der Waals surface area contributed by atoms with E-state index >= 15 is 8.78 Å². The van der Waals surface area contributed by atoms with Gasteiger partial charge in [0, 0.05) is 41.1 Å². The first-order valence-electron chi connectivity index (χ1n) is 16.7. The van der Waals surface area contributed by atoms with Crippen LogP contribution in [-0.2, 0) is 40.9 Å². The van der Waals surface area contributed by atoms with Gasteiger partial charge in [0.2, 0.25) is 5.91 Å². The molecule has 0 saturated heterocycles. The molecule has 55 heavy (non-hydrogen) atoms. The SMILES string of the molecule is Cn1nc(NS(N)(=O)=O)c2cccc(-c3ccc(C#CC(C)(C)O)nc3C(Cc3cc(F)cc(F)c3)NC(=O)Cn3nc(C(F)F)c4c3C(F)(F)C3CC43)c21. The molecule has 3 atom stereocenters. The number of aromatic nitrogens is 5. The molecule has 1 amide bonds. The summed E-state index contributed by atoms with van der Waals surface area (Å²) in [6, 6.07) is 9.25. The monoisotopic (exact) mass is 786 g/mol. The quantitative estimate of drug-likeness (QED) is 0.113. The van der Waals surface area contributed by atoms with Gasteiger partial charge in [-0.15, -0.1) is 0 Å². The van der Waals surface area contributed by atoms with E-state index in [2.05, 4.69) is 32.1 Å². The molecule has 7 rings (SSSR count). The highest BCUT2D eigenvalue weighted by atomic mass is 32.2. The number of aryl methyl sites for hydroxylation is 1. The number of anilines is 1. The van der Waals surface area contributed by atoms with Crippen LogP contribution in [0.3, 0.4) is 0 Å². The Morgan fingerprint density at radius 2 is 1.80 bits per heavy atom. The molecule has 1 fully saturated rings. The molecule has 0 spiro atoms. The van der Waals surface area contributed by atoms with Crippen LogP contribution in [0.5, 0.6) is 0 Å². The van der Waals surface area contributed by atoms with Crippen molar-refractivity contribution in [2.45, 2.75) is 63.1 Å². The van der Waals surface area contributed by atoms with Gasteiger partial charge in [-0.2, -0.15) is 27.4 Å². The maximum atomic E-state index is 15.3. The number of carbonyl (C=O) groups excluding carboxylic acids is 1. The minimum Gasteiger partial charge on any atom is -0.378 e. The topological polar surface area (TPSA) is 170 Å². The number of hydrogen-bond acceptors (Lipinski definition) is 7. The predicted molar refractivity (Wildman–Crippen MR) is 187 cm³/mol. The zero-order valence-electron chi connectivity index (χ0n) is 29.2. The highest BCUT2D eigenvalue weighted by Crippen LogP contribution is 2.68. The Morgan fingerprint density at radius 1 is 1.09 bits per heavy atom. The van der Waals surface area contributed by atoms with Gasteiger partial charge in [-0.1, -0.05) is 18.1 Å². The number of nitrogens with two attached hydrogens (primary N) is 1. The highest BCUT2D eigenvalue weighted by molar-refractivity contribution is 7.90. The lowest BCUT2D eigenvalue weighted by Crippen LogP contribution is -2.35. The first-order valence-corrected chi connectivity index (χ1v) is 18.3. The molecule has 12 nitrogen and oxygen atoms in total. The number of alkyl halides is 4. The summed E-state index contributed by atoms with van der Waals surface area (Å²) >= 11 is 0. The van der Waals surface area contributed by atoms with Gasteiger partial charge in [-0.25, -0.2) is 27.7 Å². The van der Waals surface area contributed by atoms with Gasteiger partial charge < -0.3 is 10.4 Å². The zero-order valence-corrected chi connectivity index (χ0v) is 30.0. The number of benzene rings is 2. The van der Waals surface area contributed by atoms with Crippen LogP contribution in [0.25, 0.3) is 22.0 Å². The van der Waals surface area contributed by atoms with Crippen molar-refractivity contribution in [3.05, 3.63) is 94.1 Å². The Balaban J connectivity index is 1.37. The molecule has 5 N–H and O–H groups in total. The number of rotatable bonds is 10. The largest absolute Gasteiger partial charge is 0.378 e. The Labute approximate surface area is 309 Å². The first-order chi connectivity index (χ1) is 25.7. The maximum Gasteiger partial charge on any atom is 0.297 e. The predicted octanol–water partition coefficient (Wildman–Crippen LogP) is 5.09. The van der Waals surface area contributed by atoms with Gasteiger partial charge in [0.25, 0.3) is 22.6 Å². The molecule has 2 aliphatic carbocycles. The molecule has 2 aliphatic rings. The number of para-hydroxylation sites is 1. The summed E-state index contributed by atoms with van der Waals surface area (Å²) in [5.74, 6) is -3.01. The van der Waals surface area contributed by atoms with Crippen LogP contribution in [0.2, 0.25) is 0 Å². The molecule has 288 valence electrons. The van der Waals surface area contributed by atoms with E-state index < -0.39 is 81.5 Å². The number of nitrogens with zero attached hydrogens (tertiary/aromatic N) is 5. The van der Waals surface area contributed by atoms with Crippen LogP contribution in [0, 0.1) is 29.4 Å². The standard InChI is InChI=1S/C36H32F6N8O4S/c1-35(2,52)10-9-20-7-8-21(22-5-4-6-23-31(22)49(3)47-34(23)48-55(43,53)54)29(44-20)26(13-17-11-18(37)14-19(38)12-17)45-27(51)16-50-32-28(30(46-50)33(39)40)24-15-25(24)36(32,41)42/h4-8,11-12,14,24-26,33,52H,13,15-16H2,1-3H3,(H,45,51)(H,47,48)(H2,43,53,54). The molecule has 0 aliphatic heterocycles. The fraction of sp³-hybridized carbons (Fsp3) is 0.333. The Kier molecular flexibility index (Phi) is 9.21. The van der Waals surface area contributed by atoms with Crippen LogP contribution in [0.4, 0.5) is 32.2 Å². The van der Waals surface area contributed by atoms with Crippen molar-refractivity contribution in [3.8, 4) is 23.0 Å². The number of pyridine rings is 1. The minimum atomic E-state index is -4.25. The van der Waals surface area contributed by atoms with Crippen molar-refractivity contribution in [3.63, 3.8) is 0 Å². The normalized spacial score (nSPS) is 17.7. The average Bonchev–Trinajstić information content (AvgIpc) is 3.62. The lowest BCUT2D eigenvalue weighted by molar-refractivity contribution is -0.123. The molecule has 3 heterocycles. The minimum absolute atomic E-state index is 0.0219. The fourth-order valence-corrected chi connectivity index (χ4v) is 7.57. The van der Waals surface area contributed by atoms with E-state index in [4.69, 9.17) is 10.1 Å². The van der Waals surface area contributed by atoms with Crippen LogP contribution in [-0.4, -0.2) is 49.6 Å². The lowest BCUT2D eigenvalue weighted by atomic mass is 9.93. The Morgan fingerprint density at radius 3 is 2.45 bits per heavy atom.